The standard InChI is InChI=1S/C18H24N2O4/c1-13(21)19(9-17-11-23-17)7-15-4-3-5-16(6-15)8-20(14(2)22)10-18-12-24-18/h3-6,17-18H,7-12H2,1-2H3. The van der Waals surface area contributed by atoms with E-state index in [0.29, 0.717) is 26.2 Å². The van der Waals surface area contributed by atoms with Gasteiger partial charge in [-0.3, -0.25) is 9.59 Å². The molecule has 2 heterocycles. The summed E-state index contributed by atoms with van der Waals surface area (Å²) in [7, 11) is 0. The lowest BCUT2D eigenvalue weighted by molar-refractivity contribution is -0.130. The minimum atomic E-state index is 0.0483. The molecule has 6 nitrogen and oxygen atoms in total. The molecule has 0 N–H and O–H groups in total. The van der Waals surface area contributed by atoms with E-state index in [4.69, 9.17) is 9.47 Å². The van der Waals surface area contributed by atoms with Crippen LogP contribution in [0.4, 0.5) is 0 Å². The molecule has 2 atom stereocenters. The quantitative estimate of drug-likeness (QED) is 0.671. The van der Waals surface area contributed by atoms with E-state index in [1.54, 1.807) is 23.6 Å². The van der Waals surface area contributed by atoms with E-state index in [9.17, 15) is 9.59 Å². The SMILES string of the molecule is CC(=O)N(Cc1cccc(CN(CC2CO2)C(C)=O)c1)CC1CO1. The molecule has 0 radical (unpaired) electrons. The summed E-state index contributed by atoms with van der Waals surface area (Å²) in [4.78, 5) is 27.2. The Labute approximate surface area is 142 Å². The topological polar surface area (TPSA) is 65.7 Å². The van der Waals surface area contributed by atoms with Gasteiger partial charge < -0.3 is 19.3 Å². The van der Waals surface area contributed by atoms with Gasteiger partial charge in [-0.2, -0.15) is 0 Å². The van der Waals surface area contributed by atoms with Gasteiger partial charge in [-0.25, -0.2) is 0 Å². The number of carbonyl (C=O) groups is 2. The van der Waals surface area contributed by atoms with Crippen LogP contribution in [0.2, 0.25) is 0 Å². The van der Waals surface area contributed by atoms with E-state index in [1.807, 2.05) is 18.2 Å². The highest BCUT2D eigenvalue weighted by atomic mass is 16.6. The molecule has 0 aromatic heterocycles. The van der Waals surface area contributed by atoms with Crippen LogP contribution in [-0.2, 0) is 32.2 Å². The third kappa shape index (κ3) is 5.04. The van der Waals surface area contributed by atoms with Gasteiger partial charge in [-0.15, -0.1) is 0 Å². The summed E-state index contributed by atoms with van der Waals surface area (Å²) in [5, 5.41) is 0. The van der Waals surface area contributed by atoms with Crippen LogP contribution in [0.5, 0.6) is 0 Å². The predicted octanol–water partition coefficient (Wildman–Crippen LogP) is 1.18. The van der Waals surface area contributed by atoms with Crippen LogP contribution < -0.4 is 0 Å². The maximum Gasteiger partial charge on any atom is 0.219 e. The normalized spacial score (nSPS) is 21.2. The molecule has 0 saturated carbocycles. The van der Waals surface area contributed by atoms with Crippen LogP contribution in [0, 0.1) is 0 Å². The van der Waals surface area contributed by atoms with Crippen molar-refractivity contribution >= 4 is 11.8 Å². The molecule has 0 aliphatic carbocycles. The number of carbonyl (C=O) groups excluding carboxylic acids is 2. The van der Waals surface area contributed by atoms with Crippen molar-refractivity contribution in [2.24, 2.45) is 0 Å². The summed E-state index contributed by atoms with van der Waals surface area (Å²) >= 11 is 0. The summed E-state index contributed by atoms with van der Waals surface area (Å²) in [6.45, 7) is 7.04. The fourth-order valence-corrected chi connectivity index (χ4v) is 2.71. The van der Waals surface area contributed by atoms with Crippen LogP contribution in [0.3, 0.4) is 0 Å². The van der Waals surface area contributed by atoms with Crippen molar-refractivity contribution in [1.82, 2.24) is 9.80 Å². The fourth-order valence-electron chi connectivity index (χ4n) is 2.71. The third-order valence-electron chi connectivity index (χ3n) is 4.28. The lowest BCUT2D eigenvalue weighted by Crippen LogP contribution is -2.32. The van der Waals surface area contributed by atoms with Gasteiger partial charge in [0.25, 0.3) is 0 Å². The van der Waals surface area contributed by atoms with Crippen molar-refractivity contribution in [1.29, 1.82) is 0 Å². The lowest BCUT2D eigenvalue weighted by Gasteiger charge is -2.22. The first-order valence-electron chi connectivity index (χ1n) is 8.33. The van der Waals surface area contributed by atoms with Gasteiger partial charge in [-0.05, 0) is 11.1 Å². The smallest absolute Gasteiger partial charge is 0.219 e. The van der Waals surface area contributed by atoms with E-state index < -0.39 is 0 Å². The summed E-state index contributed by atoms with van der Waals surface area (Å²) < 4.78 is 10.4. The Morgan fingerprint density at radius 3 is 1.71 bits per heavy atom. The predicted molar refractivity (Wildman–Crippen MR) is 88.1 cm³/mol. The molecule has 2 amide bonds. The second-order valence-electron chi connectivity index (χ2n) is 6.53. The van der Waals surface area contributed by atoms with Gasteiger partial charge in [0, 0.05) is 40.0 Å². The first-order valence-corrected chi connectivity index (χ1v) is 8.33. The van der Waals surface area contributed by atoms with Gasteiger partial charge in [0.15, 0.2) is 0 Å². The molecule has 6 heteroatoms. The minimum absolute atomic E-state index is 0.0483. The molecule has 2 fully saturated rings. The van der Waals surface area contributed by atoms with E-state index in [1.165, 1.54) is 0 Å². The van der Waals surface area contributed by atoms with Crippen molar-refractivity contribution in [3.63, 3.8) is 0 Å². The van der Waals surface area contributed by atoms with Gasteiger partial charge in [-0.1, -0.05) is 24.3 Å². The van der Waals surface area contributed by atoms with Gasteiger partial charge in [0.1, 0.15) is 0 Å². The number of benzene rings is 1. The summed E-state index contributed by atoms with van der Waals surface area (Å²) in [6.07, 6.45) is 0.368. The highest BCUT2D eigenvalue weighted by Gasteiger charge is 2.27. The van der Waals surface area contributed by atoms with Crippen LogP contribution in [0.25, 0.3) is 0 Å². The summed E-state index contributed by atoms with van der Waals surface area (Å²) in [5.41, 5.74) is 2.13. The largest absolute Gasteiger partial charge is 0.371 e. The van der Waals surface area contributed by atoms with Crippen molar-refractivity contribution < 1.29 is 19.1 Å². The average Bonchev–Trinajstić information content (AvgIpc) is 3.41. The number of hydrogen-bond acceptors (Lipinski definition) is 4. The van der Waals surface area contributed by atoms with E-state index in [2.05, 4.69) is 6.07 Å². The Hall–Kier alpha value is -1.92. The molecular formula is C18H24N2O4. The zero-order chi connectivity index (χ0) is 17.1. The number of hydrogen-bond donors (Lipinski definition) is 0. The average molecular weight is 332 g/mol. The molecule has 24 heavy (non-hydrogen) atoms. The van der Waals surface area contributed by atoms with Gasteiger partial charge >= 0.3 is 0 Å². The first kappa shape index (κ1) is 16.9. The van der Waals surface area contributed by atoms with Crippen molar-refractivity contribution in [3.05, 3.63) is 35.4 Å². The summed E-state index contributed by atoms with van der Waals surface area (Å²) in [6, 6.07) is 8.06. The highest BCUT2D eigenvalue weighted by Crippen LogP contribution is 2.17. The summed E-state index contributed by atoms with van der Waals surface area (Å²) in [5.74, 6) is 0.0966. The van der Waals surface area contributed by atoms with Crippen molar-refractivity contribution in [2.45, 2.75) is 39.1 Å². The molecule has 130 valence electrons. The van der Waals surface area contributed by atoms with Gasteiger partial charge in [0.2, 0.25) is 11.8 Å². The Bertz CT molecular complexity index is 562. The Morgan fingerprint density at radius 1 is 0.958 bits per heavy atom. The zero-order valence-electron chi connectivity index (χ0n) is 14.2. The van der Waals surface area contributed by atoms with Gasteiger partial charge in [0.05, 0.1) is 25.4 Å². The lowest BCUT2D eigenvalue weighted by atomic mass is 10.1. The number of epoxide rings is 2. The fraction of sp³-hybridized carbons (Fsp3) is 0.556. The molecule has 1 aromatic carbocycles. The molecule has 2 unspecified atom stereocenters. The second-order valence-corrected chi connectivity index (χ2v) is 6.53. The number of ether oxygens (including phenoxy) is 2. The van der Waals surface area contributed by atoms with E-state index in [-0.39, 0.29) is 24.0 Å². The van der Waals surface area contributed by atoms with Crippen LogP contribution >= 0.6 is 0 Å². The Balaban J connectivity index is 1.63. The number of rotatable bonds is 8. The van der Waals surface area contributed by atoms with Crippen LogP contribution in [0.1, 0.15) is 25.0 Å². The van der Waals surface area contributed by atoms with Crippen molar-refractivity contribution in [2.75, 3.05) is 26.3 Å². The second kappa shape index (κ2) is 7.32. The molecule has 1 aromatic rings. The molecule has 3 rings (SSSR count). The molecular weight excluding hydrogens is 308 g/mol. The maximum atomic E-state index is 11.8. The Morgan fingerprint density at radius 2 is 1.38 bits per heavy atom. The molecule has 2 saturated heterocycles. The minimum Gasteiger partial charge on any atom is -0.371 e. The zero-order valence-corrected chi connectivity index (χ0v) is 14.2. The Kier molecular flexibility index (Phi) is 5.16. The van der Waals surface area contributed by atoms with Crippen LogP contribution in [0.15, 0.2) is 24.3 Å². The number of nitrogens with zero attached hydrogens (tertiary/aromatic N) is 2. The third-order valence-corrected chi connectivity index (χ3v) is 4.28. The first-order chi connectivity index (χ1) is 11.5. The van der Waals surface area contributed by atoms with E-state index >= 15 is 0 Å². The maximum absolute atomic E-state index is 11.8. The monoisotopic (exact) mass is 332 g/mol. The van der Waals surface area contributed by atoms with Crippen molar-refractivity contribution in [3.8, 4) is 0 Å². The highest BCUT2D eigenvalue weighted by molar-refractivity contribution is 5.73. The van der Waals surface area contributed by atoms with Crippen LogP contribution in [-0.4, -0.2) is 60.1 Å². The molecule has 2 aliphatic heterocycles. The number of amides is 2. The molecule has 0 spiro atoms. The van der Waals surface area contributed by atoms with E-state index in [0.717, 1.165) is 24.3 Å². The molecule has 2 aliphatic rings. The molecule has 0 bridgehead atoms.